The molecule has 72 valence electrons. The second-order valence-electron chi connectivity index (χ2n) is 3.29. The number of hydrogen-bond donors (Lipinski definition) is 1. The van der Waals surface area contributed by atoms with Crippen molar-refractivity contribution < 1.29 is 5.11 Å². The van der Waals surface area contributed by atoms with Gasteiger partial charge in [-0.1, -0.05) is 0 Å². The molecule has 1 saturated heterocycles. The van der Waals surface area contributed by atoms with Gasteiger partial charge in [0.2, 0.25) is 0 Å². The summed E-state index contributed by atoms with van der Waals surface area (Å²) in [4.78, 5) is 2.21. The number of likely N-dealkylation sites (tertiary alicyclic amines) is 1. The van der Waals surface area contributed by atoms with Crippen LogP contribution in [-0.4, -0.2) is 29.7 Å². The Labute approximate surface area is 79.3 Å². The van der Waals surface area contributed by atoms with Gasteiger partial charge in [0.15, 0.2) is 0 Å². The van der Waals surface area contributed by atoms with Crippen LogP contribution in [0, 0.1) is 11.3 Å². The third-order valence-corrected chi connectivity index (χ3v) is 2.33. The van der Waals surface area contributed by atoms with Crippen molar-refractivity contribution in [3.8, 4) is 6.07 Å². The fraction of sp³-hybridized carbons (Fsp3) is 0.700. The van der Waals surface area contributed by atoms with E-state index in [-0.39, 0.29) is 6.61 Å². The first-order valence-electron chi connectivity index (χ1n) is 4.83. The number of aliphatic hydroxyl groups is 1. The number of rotatable bonds is 3. The number of nitrogens with zero attached hydrogens (tertiary/aromatic N) is 2. The predicted molar refractivity (Wildman–Crippen MR) is 50.8 cm³/mol. The second kappa shape index (κ2) is 5.60. The van der Waals surface area contributed by atoms with Crippen molar-refractivity contribution >= 4 is 0 Å². The normalized spacial score (nSPS) is 20.3. The third kappa shape index (κ3) is 3.08. The lowest BCUT2D eigenvalue weighted by molar-refractivity contribution is 0.234. The van der Waals surface area contributed by atoms with E-state index < -0.39 is 0 Å². The number of allylic oxidation sites excluding steroid dienone is 2. The van der Waals surface area contributed by atoms with Crippen LogP contribution < -0.4 is 0 Å². The molecule has 0 aromatic heterocycles. The molecule has 0 spiro atoms. The van der Waals surface area contributed by atoms with Gasteiger partial charge < -0.3 is 10.0 Å². The van der Waals surface area contributed by atoms with Crippen LogP contribution in [-0.2, 0) is 0 Å². The minimum atomic E-state index is 0.232. The summed E-state index contributed by atoms with van der Waals surface area (Å²) in [7, 11) is 0. The quantitative estimate of drug-likeness (QED) is 0.665. The van der Waals surface area contributed by atoms with E-state index in [9.17, 15) is 0 Å². The van der Waals surface area contributed by atoms with Crippen molar-refractivity contribution in [3.05, 3.63) is 11.8 Å². The monoisotopic (exact) mass is 180 g/mol. The van der Waals surface area contributed by atoms with Crippen molar-refractivity contribution in [1.82, 2.24) is 4.90 Å². The molecule has 1 aliphatic heterocycles. The zero-order valence-corrected chi connectivity index (χ0v) is 7.87. The summed E-state index contributed by atoms with van der Waals surface area (Å²) in [6, 6.07) is 2.08. The van der Waals surface area contributed by atoms with Gasteiger partial charge in [-0.25, -0.2) is 0 Å². The van der Waals surface area contributed by atoms with Crippen LogP contribution in [0.4, 0.5) is 0 Å². The summed E-state index contributed by atoms with van der Waals surface area (Å²) in [6.45, 7) is 2.15. The van der Waals surface area contributed by atoms with Crippen LogP contribution in [0.3, 0.4) is 0 Å². The Kier molecular flexibility index (Phi) is 4.34. The molecule has 0 aliphatic carbocycles. The van der Waals surface area contributed by atoms with Gasteiger partial charge in [0.25, 0.3) is 0 Å². The maximum atomic E-state index is 8.70. The van der Waals surface area contributed by atoms with E-state index in [0.717, 1.165) is 31.6 Å². The van der Waals surface area contributed by atoms with E-state index in [2.05, 4.69) is 11.0 Å². The molecular formula is C10H16N2O. The highest BCUT2D eigenvalue weighted by atomic mass is 16.3. The van der Waals surface area contributed by atoms with Gasteiger partial charge in [0, 0.05) is 31.5 Å². The molecule has 0 aromatic carbocycles. The molecule has 1 heterocycles. The molecular weight excluding hydrogens is 164 g/mol. The molecule has 13 heavy (non-hydrogen) atoms. The lowest BCUT2D eigenvalue weighted by Crippen LogP contribution is -2.29. The Balaban J connectivity index is 2.48. The van der Waals surface area contributed by atoms with Gasteiger partial charge in [0.05, 0.1) is 6.07 Å². The van der Waals surface area contributed by atoms with E-state index in [1.54, 1.807) is 6.08 Å². The van der Waals surface area contributed by atoms with Crippen molar-refractivity contribution in [1.29, 1.82) is 5.26 Å². The topological polar surface area (TPSA) is 47.3 Å². The SMILES string of the molecule is N#CC=C1CCCCN1CCCO. The Morgan fingerprint density at radius 2 is 2.38 bits per heavy atom. The summed E-state index contributed by atoms with van der Waals surface area (Å²) in [5, 5.41) is 17.3. The van der Waals surface area contributed by atoms with Gasteiger partial charge >= 0.3 is 0 Å². The molecule has 3 nitrogen and oxygen atoms in total. The Hall–Kier alpha value is -1.01. The van der Waals surface area contributed by atoms with Gasteiger partial charge in [-0.05, 0) is 25.7 Å². The van der Waals surface area contributed by atoms with Crippen molar-refractivity contribution in [2.24, 2.45) is 0 Å². The van der Waals surface area contributed by atoms with E-state index in [1.807, 2.05) is 0 Å². The first-order chi connectivity index (χ1) is 6.38. The fourth-order valence-corrected chi connectivity index (χ4v) is 1.67. The highest BCUT2D eigenvalue weighted by molar-refractivity contribution is 5.13. The summed E-state index contributed by atoms with van der Waals surface area (Å²) in [5.74, 6) is 0. The van der Waals surface area contributed by atoms with Crippen LogP contribution in [0.15, 0.2) is 11.8 Å². The maximum Gasteiger partial charge on any atom is 0.0930 e. The second-order valence-corrected chi connectivity index (χ2v) is 3.29. The van der Waals surface area contributed by atoms with E-state index in [0.29, 0.717) is 0 Å². The lowest BCUT2D eigenvalue weighted by Gasteiger charge is -2.30. The molecule has 1 rings (SSSR count). The average molecular weight is 180 g/mol. The average Bonchev–Trinajstić information content (AvgIpc) is 2.17. The largest absolute Gasteiger partial charge is 0.396 e. The molecule has 0 unspecified atom stereocenters. The van der Waals surface area contributed by atoms with Crippen LogP contribution >= 0.6 is 0 Å². The molecule has 0 radical (unpaired) electrons. The summed E-state index contributed by atoms with van der Waals surface area (Å²) >= 11 is 0. The zero-order chi connectivity index (χ0) is 9.52. The molecule has 3 heteroatoms. The van der Waals surface area contributed by atoms with E-state index in [4.69, 9.17) is 10.4 Å². The molecule has 1 fully saturated rings. The number of hydrogen-bond acceptors (Lipinski definition) is 3. The van der Waals surface area contributed by atoms with Crippen molar-refractivity contribution in [3.63, 3.8) is 0 Å². The van der Waals surface area contributed by atoms with E-state index >= 15 is 0 Å². The minimum absolute atomic E-state index is 0.232. The van der Waals surface area contributed by atoms with E-state index in [1.165, 1.54) is 12.8 Å². The molecule has 0 aromatic rings. The zero-order valence-electron chi connectivity index (χ0n) is 7.87. The minimum Gasteiger partial charge on any atom is -0.396 e. The summed E-state index contributed by atoms with van der Waals surface area (Å²) in [5.41, 5.74) is 1.14. The molecule has 0 amide bonds. The van der Waals surface area contributed by atoms with Gasteiger partial charge in [0.1, 0.15) is 0 Å². The number of piperidine rings is 1. The van der Waals surface area contributed by atoms with Crippen LogP contribution in [0.1, 0.15) is 25.7 Å². The standard InChI is InChI=1S/C10H16N2O/c11-6-5-10-4-1-2-7-12(10)8-3-9-13/h5,13H,1-4,7-9H2. The first kappa shape index (κ1) is 10.1. The smallest absolute Gasteiger partial charge is 0.0930 e. The molecule has 1 aliphatic rings. The highest BCUT2D eigenvalue weighted by Gasteiger charge is 2.13. The van der Waals surface area contributed by atoms with Crippen molar-refractivity contribution in [2.75, 3.05) is 19.7 Å². The predicted octanol–water partition coefficient (Wildman–Crippen LogP) is 1.26. The molecule has 1 N–H and O–H groups in total. The first-order valence-corrected chi connectivity index (χ1v) is 4.83. The van der Waals surface area contributed by atoms with Crippen LogP contribution in [0.5, 0.6) is 0 Å². The van der Waals surface area contributed by atoms with Crippen molar-refractivity contribution in [2.45, 2.75) is 25.7 Å². The third-order valence-electron chi connectivity index (χ3n) is 2.33. The number of nitriles is 1. The summed E-state index contributed by atoms with van der Waals surface area (Å²) < 4.78 is 0. The summed E-state index contributed by atoms with van der Waals surface area (Å²) in [6.07, 6.45) is 5.83. The molecule has 0 atom stereocenters. The number of aliphatic hydroxyl groups excluding tert-OH is 1. The van der Waals surface area contributed by atoms with Crippen LogP contribution in [0.2, 0.25) is 0 Å². The molecule has 0 saturated carbocycles. The van der Waals surface area contributed by atoms with Crippen LogP contribution in [0.25, 0.3) is 0 Å². The highest BCUT2D eigenvalue weighted by Crippen LogP contribution is 2.19. The van der Waals surface area contributed by atoms with Gasteiger partial charge in [-0.3, -0.25) is 0 Å². The fourth-order valence-electron chi connectivity index (χ4n) is 1.67. The lowest BCUT2D eigenvalue weighted by atomic mass is 10.1. The Morgan fingerprint density at radius 3 is 3.08 bits per heavy atom. The van der Waals surface area contributed by atoms with Gasteiger partial charge in [-0.2, -0.15) is 5.26 Å². The van der Waals surface area contributed by atoms with Gasteiger partial charge in [-0.15, -0.1) is 0 Å². The Morgan fingerprint density at radius 1 is 1.54 bits per heavy atom. The maximum absolute atomic E-state index is 8.70. The molecule has 0 bridgehead atoms. The Bertz CT molecular complexity index is 217.